The van der Waals surface area contributed by atoms with Crippen molar-refractivity contribution in [2.75, 3.05) is 0 Å². The highest BCUT2D eigenvalue weighted by atomic mass is 16.5. The second-order valence-corrected chi connectivity index (χ2v) is 3.92. The highest BCUT2D eigenvalue weighted by Gasteiger charge is 2.17. The van der Waals surface area contributed by atoms with Gasteiger partial charge in [0.05, 0.1) is 5.56 Å². The molecule has 0 saturated carbocycles. The number of aliphatic imine (C=N–C) groups is 1. The fourth-order valence-electron chi connectivity index (χ4n) is 1.86. The summed E-state index contributed by atoms with van der Waals surface area (Å²) >= 11 is 0. The standard InChI is InChI=1S/C14H10N2O2/c15-14(17)10-5-3-4-9-8-16-11-6-1-2-7-12(11)18-13(9)10/h1-8H,(H2,15,17). The third-order valence-electron chi connectivity index (χ3n) is 2.73. The molecule has 0 radical (unpaired) electrons. The summed E-state index contributed by atoms with van der Waals surface area (Å²) in [5.74, 6) is 0.555. The van der Waals surface area contributed by atoms with Gasteiger partial charge in [0.2, 0.25) is 0 Å². The van der Waals surface area contributed by atoms with Crippen LogP contribution in [0.5, 0.6) is 11.5 Å². The summed E-state index contributed by atoms with van der Waals surface area (Å²) in [4.78, 5) is 15.7. The van der Waals surface area contributed by atoms with Gasteiger partial charge in [0.1, 0.15) is 11.4 Å². The van der Waals surface area contributed by atoms with E-state index in [4.69, 9.17) is 10.5 Å². The van der Waals surface area contributed by atoms with Crippen LogP contribution in [-0.4, -0.2) is 12.1 Å². The van der Waals surface area contributed by atoms with Crippen LogP contribution >= 0.6 is 0 Å². The summed E-state index contributed by atoms with van der Waals surface area (Å²) in [5, 5.41) is 0. The van der Waals surface area contributed by atoms with Crippen molar-refractivity contribution >= 4 is 17.8 Å². The number of benzene rings is 2. The molecule has 4 nitrogen and oxygen atoms in total. The number of rotatable bonds is 1. The van der Waals surface area contributed by atoms with Crippen molar-refractivity contribution in [3.8, 4) is 11.5 Å². The number of primary amides is 1. The molecule has 2 aromatic carbocycles. The summed E-state index contributed by atoms with van der Waals surface area (Å²) < 4.78 is 5.77. The maximum Gasteiger partial charge on any atom is 0.252 e. The van der Waals surface area contributed by atoms with Crippen molar-refractivity contribution in [2.45, 2.75) is 0 Å². The van der Waals surface area contributed by atoms with Gasteiger partial charge in [-0.05, 0) is 24.3 Å². The fraction of sp³-hybridized carbons (Fsp3) is 0. The van der Waals surface area contributed by atoms with Crippen LogP contribution in [0.15, 0.2) is 47.5 Å². The molecule has 1 aliphatic heterocycles. The van der Waals surface area contributed by atoms with Gasteiger partial charge in [-0.3, -0.25) is 9.79 Å². The zero-order valence-corrected chi connectivity index (χ0v) is 9.46. The van der Waals surface area contributed by atoms with Crippen LogP contribution in [0.25, 0.3) is 0 Å². The highest BCUT2D eigenvalue weighted by molar-refractivity contribution is 6.00. The molecule has 0 unspecified atom stereocenters. The Morgan fingerprint density at radius 3 is 2.78 bits per heavy atom. The molecule has 0 fully saturated rings. The average Bonchev–Trinajstić information content (AvgIpc) is 2.57. The first-order valence-electron chi connectivity index (χ1n) is 5.49. The maximum atomic E-state index is 11.4. The monoisotopic (exact) mass is 238 g/mol. The molecule has 1 aliphatic rings. The second kappa shape index (κ2) is 4.00. The first-order chi connectivity index (χ1) is 8.75. The molecule has 0 aromatic heterocycles. The number of fused-ring (bicyclic) bond motifs is 2. The third kappa shape index (κ3) is 1.64. The van der Waals surface area contributed by atoms with Crippen molar-refractivity contribution in [3.63, 3.8) is 0 Å². The van der Waals surface area contributed by atoms with Crippen LogP contribution in [0.4, 0.5) is 5.69 Å². The number of carbonyl (C=O) groups is 1. The van der Waals surface area contributed by atoms with Gasteiger partial charge in [-0.15, -0.1) is 0 Å². The van der Waals surface area contributed by atoms with E-state index in [9.17, 15) is 4.79 Å². The maximum absolute atomic E-state index is 11.4. The Kier molecular flexibility index (Phi) is 2.34. The number of ether oxygens (including phenoxy) is 1. The van der Waals surface area contributed by atoms with Gasteiger partial charge < -0.3 is 10.5 Å². The van der Waals surface area contributed by atoms with Crippen molar-refractivity contribution < 1.29 is 9.53 Å². The lowest BCUT2D eigenvalue weighted by molar-refractivity contribution is 0.0998. The zero-order chi connectivity index (χ0) is 12.5. The van der Waals surface area contributed by atoms with Crippen molar-refractivity contribution in [2.24, 2.45) is 10.7 Å². The van der Waals surface area contributed by atoms with Gasteiger partial charge in [-0.25, -0.2) is 0 Å². The summed E-state index contributed by atoms with van der Waals surface area (Å²) in [6.45, 7) is 0. The van der Waals surface area contributed by atoms with Gasteiger partial charge in [0.25, 0.3) is 5.91 Å². The van der Waals surface area contributed by atoms with E-state index in [2.05, 4.69) is 4.99 Å². The predicted molar refractivity (Wildman–Crippen MR) is 68.7 cm³/mol. The van der Waals surface area contributed by atoms with Crippen LogP contribution in [0.1, 0.15) is 15.9 Å². The van der Waals surface area contributed by atoms with E-state index in [1.807, 2.05) is 24.3 Å². The molecule has 4 heteroatoms. The molecule has 88 valence electrons. The first-order valence-corrected chi connectivity index (χ1v) is 5.49. The first kappa shape index (κ1) is 10.5. The number of hydrogen-bond donors (Lipinski definition) is 1. The summed E-state index contributed by atoms with van der Waals surface area (Å²) in [6.07, 6.45) is 1.67. The molecular formula is C14H10N2O2. The van der Waals surface area contributed by atoms with E-state index in [0.29, 0.717) is 17.1 Å². The van der Waals surface area contributed by atoms with Crippen molar-refractivity contribution in [1.82, 2.24) is 0 Å². The Morgan fingerprint density at radius 2 is 1.94 bits per heavy atom. The Balaban J connectivity index is 2.22. The van der Waals surface area contributed by atoms with Crippen molar-refractivity contribution in [3.05, 3.63) is 53.6 Å². The molecular weight excluding hydrogens is 228 g/mol. The van der Waals surface area contributed by atoms with Gasteiger partial charge in [-0.1, -0.05) is 18.2 Å². The number of hydrogen-bond acceptors (Lipinski definition) is 3. The fourth-order valence-corrected chi connectivity index (χ4v) is 1.86. The largest absolute Gasteiger partial charge is 0.454 e. The zero-order valence-electron chi connectivity index (χ0n) is 9.46. The van der Waals surface area contributed by atoms with Crippen LogP contribution in [0.2, 0.25) is 0 Å². The smallest absolute Gasteiger partial charge is 0.252 e. The van der Waals surface area contributed by atoms with Crippen LogP contribution in [0.3, 0.4) is 0 Å². The Bertz CT molecular complexity index is 663. The third-order valence-corrected chi connectivity index (χ3v) is 2.73. The molecule has 1 heterocycles. The van der Waals surface area contributed by atoms with Crippen LogP contribution in [0, 0.1) is 0 Å². The average molecular weight is 238 g/mol. The Morgan fingerprint density at radius 1 is 1.11 bits per heavy atom. The predicted octanol–water partition coefficient (Wildman–Crippen LogP) is 2.64. The number of nitrogens with zero attached hydrogens (tertiary/aromatic N) is 1. The van der Waals surface area contributed by atoms with Crippen LogP contribution < -0.4 is 10.5 Å². The topological polar surface area (TPSA) is 64.7 Å². The molecule has 0 spiro atoms. The number of carbonyl (C=O) groups excluding carboxylic acids is 1. The van der Waals surface area contributed by atoms with E-state index in [1.165, 1.54) is 0 Å². The molecule has 0 atom stereocenters. The summed E-state index contributed by atoms with van der Waals surface area (Å²) in [5.41, 5.74) is 7.17. The van der Waals surface area contributed by atoms with E-state index in [0.717, 1.165) is 11.3 Å². The minimum absolute atomic E-state index is 0.357. The lowest BCUT2D eigenvalue weighted by Gasteiger charge is -2.10. The molecule has 2 aromatic rings. The molecule has 3 rings (SSSR count). The number of para-hydroxylation sites is 3. The van der Waals surface area contributed by atoms with E-state index >= 15 is 0 Å². The van der Waals surface area contributed by atoms with Gasteiger partial charge in [0, 0.05) is 11.8 Å². The lowest BCUT2D eigenvalue weighted by Crippen LogP contribution is -2.12. The Hall–Kier alpha value is -2.62. The molecule has 0 saturated heterocycles. The highest BCUT2D eigenvalue weighted by Crippen LogP contribution is 2.37. The van der Waals surface area contributed by atoms with Gasteiger partial charge in [0.15, 0.2) is 5.75 Å². The van der Waals surface area contributed by atoms with Crippen LogP contribution in [-0.2, 0) is 0 Å². The quantitative estimate of drug-likeness (QED) is 0.708. The molecule has 1 amide bonds. The lowest BCUT2D eigenvalue weighted by atomic mass is 10.1. The van der Waals surface area contributed by atoms with Gasteiger partial charge >= 0.3 is 0 Å². The SMILES string of the molecule is NC(=O)c1cccc2c1Oc1ccccc1N=C2. The van der Waals surface area contributed by atoms with E-state index in [-0.39, 0.29) is 0 Å². The minimum atomic E-state index is -0.514. The second-order valence-electron chi connectivity index (χ2n) is 3.92. The van der Waals surface area contributed by atoms with Gasteiger partial charge in [-0.2, -0.15) is 0 Å². The van der Waals surface area contributed by atoms with Crippen molar-refractivity contribution in [1.29, 1.82) is 0 Å². The molecule has 2 N–H and O–H groups in total. The normalized spacial score (nSPS) is 12.0. The van der Waals surface area contributed by atoms with E-state index < -0.39 is 5.91 Å². The molecule has 18 heavy (non-hydrogen) atoms. The molecule has 0 aliphatic carbocycles. The Labute approximate surface area is 104 Å². The molecule has 0 bridgehead atoms. The number of nitrogens with two attached hydrogens (primary N) is 1. The number of amides is 1. The summed E-state index contributed by atoms with van der Waals surface area (Å²) in [6, 6.07) is 12.6. The minimum Gasteiger partial charge on any atom is -0.454 e. The van der Waals surface area contributed by atoms with E-state index in [1.54, 1.807) is 24.4 Å². The summed E-state index contributed by atoms with van der Waals surface area (Å²) in [7, 11) is 0.